The highest BCUT2D eigenvalue weighted by Gasteiger charge is 2.08. The summed E-state index contributed by atoms with van der Waals surface area (Å²) in [4.78, 5) is 21.8. The highest BCUT2D eigenvalue weighted by atomic mass is 16.5. The number of hydrogen-bond donors (Lipinski definition) is 1. The van der Waals surface area contributed by atoms with Gasteiger partial charge in [-0.1, -0.05) is 24.3 Å². The molecule has 0 saturated carbocycles. The van der Waals surface area contributed by atoms with Gasteiger partial charge in [-0.25, -0.2) is 4.79 Å². The molecule has 17 heavy (non-hydrogen) atoms. The number of benzene rings is 1. The first-order chi connectivity index (χ1) is 8.04. The highest BCUT2D eigenvalue weighted by Crippen LogP contribution is 2.13. The number of carbonyl (C=O) groups is 2. The van der Waals surface area contributed by atoms with Crippen LogP contribution in [-0.2, 0) is 9.53 Å². The molecule has 0 spiro atoms. The summed E-state index contributed by atoms with van der Waals surface area (Å²) >= 11 is 0. The third-order valence-corrected chi connectivity index (χ3v) is 2.27. The van der Waals surface area contributed by atoms with Crippen molar-refractivity contribution in [2.24, 2.45) is 0 Å². The SMILES string of the molecule is COC(=O)c1cc(C=CCC(=O)O)ccc1C. The van der Waals surface area contributed by atoms with Crippen LogP contribution in [-0.4, -0.2) is 24.2 Å². The topological polar surface area (TPSA) is 63.6 Å². The number of esters is 1. The molecule has 0 atom stereocenters. The second-order valence-corrected chi connectivity index (χ2v) is 3.57. The Balaban J connectivity index is 2.92. The lowest BCUT2D eigenvalue weighted by Gasteiger charge is -2.04. The maximum Gasteiger partial charge on any atom is 0.338 e. The van der Waals surface area contributed by atoms with Gasteiger partial charge >= 0.3 is 11.9 Å². The summed E-state index contributed by atoms with van der Waals surface area (Å²) in [5.74, 6) is -1.28. The van der Waals surface area contributed by atoms with Crippen LogP contribution >= 0.6 is 0 Å². The van der Waals surface area contributed by atoms with Crippen LogP contribution in [0.5, 0.6) is 0 Å². The van der Waals surface area contributed by atoms with Crippen molar-refractivity contribution in [2.75, 3.05) is 7.11 Å². The molecule has 0 unspecified atom stereocenters. The van der Waals surface area contributed by atoms with Crippen molar-refractivity contribution in [3.8, 4) is 0 Å². The quantitative estimate of drug-likeness (QED) is 0.812. The van der Waals surface area contributed by atoms with E-state index in [0.29, 0.717) is 5.56 Å². The molecule has 4 nitrogen and oxygen atoms in total. The van der Waals surface area contributed by atoms with Crippen molar-refractivity contribution < 1.29 is 19.4 Å². The molecule has 0 amide bonds. The predicted molar refractivity (Wildman–Crippen MR) is 63.8 cm³/mol. The summed E-state index contributed by atoms with van der Waals surface area (Å²) < 4.78 is 4.66. The van der Waals surface area contributed by atoms with Gasteiger partial charge in [-0.3, -0.25) is 4.79 Å². The Kier molecular flexibility index (Phi) is 4.46. The number of ether oxygens (including phenoxy) is 1. The van der Waals surface area contributed by atoms with Crippen molar-refractivity contribution in [2.45, 2.75) is 13.3 Å². The molecule has 1 N–H and O–H groups in total. The van der Waals surface area contributed by atoms with E-state index in [4.69, 9.17) is 5.11 Å². The second kappa shape index (κ2) is 5.84. The largest absolute Gasteiger partial charge is 0.481 e. The minimum Gasteiger partial charge on any atom is -0.481 e. The fourth-order valence-electron chi connectivity index (χ4n) is 1.37. The molecule has 1 rings (SSSR count). The minimum atomic E-state index is -0.887. The molecular weight excluding hydrogens is 220 g/mol. The maximum atomic E-state index is 11.4. The van der Waals surface area contributed by atoms with Crippen LogP contribution in [0.2, 0.25) is 0 Å². The van der Waals surface area contributed by atoms with E-state index in [0.717, 1.165) is 11.1 Å². The van der Waals surface area contributed by atoms with Crippen molar-refractivity contribution >= 4 is 18.0 Å². The zero-order valence-corrected chi connectivity index (χ0v) is 9.77. The normalized spacial score (nSPS) is 10.5. The predicted octanol–water partition coefficient (Wildman–Crippen LogP) is 2.27. The lowest BCUT2D eigenvalue weighted by atomic mass is 10.0. The van der Waals surface area contributed by atoms with Gasteiger partial charge in [0.1, 0.15) is 0 Å². The molecule has 1 aromatic rings. The molecule has 4 heteroatoms. The lowest BCUT2D eigenvalue weighted by Crippen LogP contribution is -2.03. The van der Waals surface area contributed by atoms with E-state index in [9.17, 15) is 9.59 Å². The monoisotopic (exact) mass is 234 g/mol. The molecule has 0 radical (unpaired) electrons. The van der Waals surface area contributed by atoms with Gasteiger partial charge in [-0.15, -0.1) is 0 Å². The molecule has 0 aliphatic heterocycles. The number of carboxylic acids is 1. The Hall–Kier alpha value is -2.10. The summed E-state index contributed by atoms with van der Waals surface area (Å²) in [5.41, 5.74) is 2.09. The van der Waals surface area contributed by atoms with E-state index in [1.807, 2.05) is 13.0 Å². The lowest BCUT2D eigenvalue weighted by molar-refractivity contribution is -0.135. The first-order valence-corrected chi connectivity index (χ1v) is 5.12. The van der Waals surface area contributed by atoms with E-state index >= 15 is 0 Å². The van der Waals surface area contributed by atoms with Gasteiger partial charge in [0.25, 0.3) is 0 Å². The molecule has 90 valence electrons. The molecule has 0 aliphatic carbocycles. The van der Waals surface area contributed by atoms with Crippen LogP contribution in [0.15, 0.2) is 24.3 Å². The van der Waals surface area contributed by atoms with Crippen LogP contribution in [0.1, 0.15) is 27.9 Å². The summed E-state index contributed by atoms with van der Waals surface area (Å²) in [5, 5.41) is 8.49. The zero-order chi connectivity index (χ0) is 12.8. The molecule has 0 aliphatic rings. The van der Waals surface area contributed by atoms with E-state index in [1.54, 1.807) is 18.2 Å². The standard InChI is InChI=1S/C13H14O4/c1-9-6-7-10(4-3-5-12(14)15)8-11(9)13(16)17-2/h3-4,6-8H,5H2,1-2H3,(H,14,15). The fourth-order valence-corrected chi connectivity index (χ4v) is 1.37. The smallest absolute Gasteiger partial charge is 0.338 e. The van der Waals surface area contributed by atoms with Crippen LogP contribution < -0.4 is 0 Å². The summed E-state index contributed by atoms with van der Waals surface area (Å²) in [6.45, 7) is 1.82. The van der Waals surface area contributed by atoms with Gasteiger partial charge in [0.15, 0.2) is 0 Å². The number of carbonyl (C=O) groups excluding carboxylic acids is 1. The van der Waals surface area contributed by atoms with E-state index in [-0.39, 0.29) is 6.42 Å². The van der Waals surface area contributed by atoms with Crippen LogP contribution in [0.25, 0.3) is 6.08 Å². The number of carboxylic acid groups (broad SMARTS) is 1. The molecule has 0 aromatic heterocycles. The Morgan fingerprint density at radius 3 is 2.71 bits per heavy atom. The van der Waals surface area contributed by atoms with E-state index in [1.165, 1.54) is 13.2 Å². The second-order valence-electron chi connectivity index (χ2n) is 3.57. The molecule has 0 fully saturated rings. The number of rotatable bonds is 4. The first kappa shape index (κ1) is 13.0. The minimum absolute atomic E-state index is 0.0402. The average molecular weight is 234 g/mol. The van der Waals surface area contributed by atoms with E-state index < -0.39 is 11.9 Å². The molecule has 0 heterocycles. The van der Waals surface area contributed by atoms with Crippen molar-refractivity contribution in [1.29, 1.82) is 0 Å². The molecule has 0 saturated heterocycles. The average Bonchev–Trinajstić information content (AvgIpc) is 2.30. The summed E-state index contributed by atoms with van der Waals surface area (Å²) in [6.07, 6.45) is 3.16. The first-order valence-electron chi connectivity index (χ1n) is 5.12. The molecule has 1 aromatic carbocycles. The van der Waals surface area contributed by atoms with Crippen LogP contribution in [0.3, 0.4) is 0 Å². The number of aryl methyl sites for hydroxylation is 1. The molecule has 0 bridgehead atoms. The van der Waals surface area contributed by atoms with Gasteiger partial charge < -0.3 is 9.84 Å². The number of aliphatic carboxylic acids is 1. The Bertz CT molecular complexity index is 460. The summed E-state index contributed by atoms with van der Waals surface area (Å²) in [7, 11) is 1.33. The third-order valence-electron chi connectivity index (χ3n) is 2.27. The van der Waals surface area contributed by atoms with Gasteiger partial charge in [-0.2, -0.15) is 0 Å². The van der Waals surface area contributed by atoms with Gasteiger partial charge in [0, 0.05) is 0 Å². The molecular formula is C13H14O4. The van der Waals surface area contributed by atoms with Crippen molar-refractivity contribution in [3.63, 3.8) is 0 Å². The van der Waals surface area contributed by atoms with Crippen molar-refractivity contribution in [3.05, 3.63) is 41.0 Å². The number of methoxy groups -OCH3 is 1. The fraction of sp³-hybridized carbons (Fsp3) is 0.231. The van der Waals surface area contributed by atoms with E-state index in [2.05, 4.69) is 4.74 Å². The maximum absolute atomic E-state index is 11.4. The van der Waals surface area contributed by atoms with Gasteiger partial charge in [0.2, 0.25) is 0 Å². The third kappa shape index (κ3) is 3.75. The van der Waals surface area contributed by atoms with Crippen LogP contribution in [0, 0.1) is 6.92 Å². The van der Waals surface area contributed by atoms with Gasteiger partial charge in [-0.05, 0) is 24.1 Å². The van der Waals surface area contributed by atoms with Crippen molar-refractivity contribution in [1.82, 2.24) is 0 Å². The zero-order valence-electron chi connectivity index (χ0n) is 9.77. The Morgan fingerprint density at radius 1 is 1.41 bits per heavy atom. The van der Waals surface area contributed by atoms with Gasteiger partial charge in [0.05, 0.1) is 19.1 Å². The summed E-state index contributed by atoms with van der Waals surface area (Å²) in [6, 6.07) is 5.30. The Labute approximate surface area is 99.5 Å². The van der Waals surface area contributed by atoms with Crippen LogP contribution in [0.4, 0.5) is 0 Å². The highest BCUT2D eigenvalue weighted by molar-refractivity contribution is 5.91. The number of hydrogen-bond acceptors (Lipinski definition) is 3. The Morgan fingerprint density at radius 2 is 2.12 bits per heavy atom.